The molecule has 9 heteroatoms. The summed E-state index contributed by atoms with van der Waals surface area (Å²) in [6.07, 6.45) is 1.89. The molecule has 2 amide bonds. The van der Waals surface area contributed by atoms with E-state index in [4.69, 9.17) is 0 Å². The van der Waals surface area contributed by atoms with Crippen molar-refractivity contribution >= 4 is 23.1 Å². The smallest absolute Gasteiger partial charge is 0.323 e. The van der Waals surface area contributed by atoms with Gasteiger partial charge < -0.3 is 16.0 Å². The summed E-state index contributed by atoms with van der Waals surface area (Å²) in [6, 6.07) is 27.3. The number of aromatic amines is 1. The van der Waals surface area contributed by atoms with Gasteiger partial charge in [0.25, 0.3) is 0 Å². The number of rotatable bonds is 10. The number of para-hydroxylation sites is 1. The molecule has 5 aromatic rings. The van der Waals surface area contributed by atoms with Crippen molar-refractivity contribution < 1.29 is 9.18 Å². The first kappa shape index (κ1) is 28.2. The Labute approximate surface area is 244 Å². The molecule has 0 bridgehead atoms. The van der Waals surface area contributed by atoms with Gasteiger partial charge in [0.1, 0.15) is 5.82 Å². The predicted octanol–water partition coefficient (Wildman–Crippen LogP) is 7.70. The fourth-order valence-electron chi connectivity index (χ4n) is 4.82. The normalized spacial score (nSPS) is 11.6. The Morgan fingerprint density at radius 3 is 2.31 bits per heavy atom. The van der Waals surface area contributed by atoms with Crippen molar-refractivity contribution in [1.29, 1.82) is 0 Å². The molecule has 0 aliphatic carbocycles. The summed E-state index contributed by atoms with van der Waals surface area (Å²) in [5, 5.41) is 23.7. The molecule has 42 heavy (non-hydrogen) atoms. The third-order valence-corrected chi connectivity index (χ3v) is 6.79. The second kappa shape index (κ2) is 12.9. The number of carbonyl (C=O) groups is 1. The molecule has 4 N–H and O–H groups in total. The first-order chi connectivity index (χ1) is 20.4. The maximum Gasteiger partial charge on any atom is 0.323 e. The molecule has 1 aromatic heterocycles. The molecule has 0 spiro atoms. The number of nitrogens with one attached hydrogen (secondary N) is 4. The Morgan fingerprint density at radius 1 is 0.929 bits per heavy atom. The highest BCUT2D eigenvalue weighted by Gasteiger charge is 2.22. The van der Waals surface area contributed by atoms with E-state index in [0.717, 1.165) is 33.5 Å². The van der Waals surface area contributed by atoms with Gasteiger partial charge in [-0.25, -0.2) is 14.3 Å². The zero-order chi connectivity index (χ0) is 29.5. The van der Waals surface area contributed by atoms with E-state index >= 15 is 0 Å². The van der Waals surface area contributed by atoms with Crippen LogP contribution in [-0.2, 0) is 0 Å². The fourth-order valence-corrected chi connectivity index (χ4v) is 4.82. The third-order valence-electron chi connectivity index (χ3n) is 6.79. The van der Waals surface area contributed by atoms with Crippen LogP contribution in [0.2, 0.25) is 0 Å². The summed E-state index contributed by atoms with van der Waals surface area (Å²) in [6.45, 7) is 9.06. The van der Waals surface area contributed by atoms with E-state index in [1.165, 1.54) is 12.1 Å². The van der Waals surface area contributed by atoms with Crippen LogP contribution in [0.1, 0.15) is 30.9 Å². The minimum absolute atomic E-state index is 0.0829. The average molecular weight is 562 g/mol. The fraction of sp³-hybridized carbons (Fsp3) is 0.152. The number of hydrogen-bond acceptors (Lipinski definition) is 5. The van der Waals surface area contributed by atoms with Crippen LogP contribution in [-0.4, -0.2) is 33.2 Å². The summed E-state index contributed by atoms with van der Waals surface area (Å²) in [7, 11) is 0. The molecular formula is C33H32FN7O. The van der Waals surface area contributed by atoms with Gasteiger partial charge >= 0.3 is 6.03 Å². The second-order valence-corrected chi connectivity index (χ2v) is 10.2. The lowest BCUT2D eigenvalue weighted by molar-refractivity contribution is 0.262. The Hall–Kier alpha value is -5.31. The van der Waals surface area contributed by atoms with Gasteiger partial charge in [0.15, 0.2) is 5.82 Å². The number of carbonyl (C=O) groups excluding carboxylic acids is 1. The monoisotopic (exact) mass is 561 g/mol. The van der Waals surface area contributed by atoms with Crippen LogP contribution >= 0.6 is 0 Å². The first-order valence-corrected chi connectivity index (χ1v) is 13.7. The molecule has 0 aliphatic heterocycles. The molecular weight excluding hydrogens is 529 g/mol. The van der Waals surface area contributed by atoms with Crippen LogP contribution in [0.4, 0.5) is 26.2 Å². The third kappa shape index (κ3) is 6.36. The van der Waals surface area contributed by atoms with Gasteiger partial charge in [0.2, 0.25) is 0 Å². The lowest BCUT2D eigenvalue weighted by Crippen LogP contribution is -2.22. The highest BCUT2D eigenvalue weighted by atomic mass is 19.1. The number of hydrogen-bond donors (Lipinski definition) is 4. The number of nitrogens with zero attached hydrogens (tertiary/aromatic N) is 3. The van der Waals surface area contributed by atoms with Gasteiger partial charge in [-0.15, -0.1) is 11.7 Å². The SMILES string of the molecule is C=CC(c1ccccc1)c1cc(-c2ccccc2-c2nnn[nH]2)cc(NC(=O)Nc2ccccc2F)c1NCC(C)C. The van der Waals surface area contributed by atoms with Crippen molar-refractivity contribution in [3.63, 3.8) is 0 Å². The zero-order valence-corrected chi connectivity index (χ0v) is 23.4. The number of aromatic nitrogens is 4. The summed E-state index contributed by atoms with van der Waals surface area (Å²) in [5.74, 6) is 0.126. The van der Waals surface area contributed by atoms with Crippen LogP contribution < -0.4 is 16.0 Å². The van der Waals surface area contributed by atoms with E-state index in [9.17, 15) is 9.18 Å². The minimum Gasteiger partial charge on any atom is -0.383 e. The second-order valence-electron chi connectivity index (χ2n) is 10.2. The molecule has 1 atom stereocenters. The van der Waals surface area contributed by atoms with E-state index in [2.05, 4.69) is 75.2 Å². The lowest BCUT2D eigenvalue weighted by atomic mass is 9.86. The summed E-state index contributed by atoms with van der Waals surface area (Å²) in [5.41, 5.74) is 5.83. The van der Waals surface area contributed by atoms with Crippen LogP contribution in [0.25, 0.3) is 22.5 Å². The molecule has 0 saturated carbocycles. The van der Waals surface area contributed by atoms with E-state index in [1.807, 2.05) is 54.6 Å². The molecule has 1 heterocycles. The Kier molecular flexibility index (Phi) is 8.67. The number of benzene rings is 4. The van der Waals surface area contributed by atoms with Crippen molar-refractivity contribution in [2.45, 2.75) is 19.8 Å². The number of anilines is 3. The van der Waals surface area contributed by atoms with Crippen LogP contribution in [0, 0.1) is 11.7 Å². The average Bonchev–Trinajstić information content (AvgIpc) is 3.54. The first-order valence-electron chi connectivity index (χ1n) is 13.7. The molecule has 0 fully saturated rings. The molecule has 1 unspecified atom stereocenters. The summed E-state index contributed by atoms with van der Waals surface area (Å²) in [4.78, 5) is 13.3. The minimum atomic E-state index is -0.571. The van der Waals surface area contributed by atoms with Gasteiger partial charge in [-0.05, 0) is 62.9 Å². The van der Waals surface area contributed by atoms with Gasteiger partial charge in [-0.1, -0.05) is 86.7 Å². The highest BCUT2D eigenvalue weighted by molar-refractivity contribution is 6.03. The summed E-state index contributed by atoms with van der Waals surface area (Å²) >= 11 is 0. The van der Waals surface area contributed by atoms with Crippen molar-refractivity contribution in [1.82, 2.24) is 20.6 Å². The number of allylic oxidation sites excluding steroid dienone is 1. The quantitative estimate of drug-likeness (QED) is 0.131. The molecule has 4 aromatic carbocycles. The van der Waals surface area contributed by atoms with Crippen molar-refractivity contribution in [2.24, 2.45) is 5.92 Å². The maximum absolute atomic E-state index is 14.4. The van der Waals surface area contributed by atoms with E-state index in [0.29, 0.717) is 24.0 Å². The van der Waals surface area contributed by atoms with Crippen LogP contribution in [0.3, 0.4) is 0 Å². The standard InChI is InChI=1S/C33H32FN7O/c1-4-24(22-12-6-5-7-13-22)27-18-23(25-14-8-9-15-26(25)32-38-40-41-39-32)19-30(31(27)35-20-21(2)3)37-33(42)36-29-17-11-10-16-28(29)34/h4-19,21,24,35H,1,20H2,2-3H3,(H2,36,37,42)(H,38,39,40,41). The molecule has 0 radical (unpaired) electrons. The zero-order valence-electron chi connectivity index (χ0n) is 23.4. The van der Waals surface area contributed by atoms with Crippen LogP contribution in [0.5, 0.6) is 0 Å². The number of amides is 2. The highest BCUT2D eigenvalue weighted by Crippen LogP contribution is 2.42. The van der Waals surface area contributed by atoms with Gasteiger partial charge in [-0.2, -0.15) is 0 Å². The van der Waals surface area contributed by atoms with Gasteiger partial charge in [0, 0.05) is 18.0 Å². The van der Waals surface area contributed by atoms with Crippen molar-refractivity contribution in [3.8, 4) is 22.5 Å². The molecule has 0 aliphatic rings. The Balaban J connectivity index is 1.69. The van der Waals surface area contributed by atoms with Gasteiger partial charge in [-0.3, -0.25) is 0 Å². The lowest BCUT2D eigenvalue weighted by Gasteiger charge is -2.25. The van der Waals surface area contributed by atoms with Gasteiger partial charge in [0.05, 0.1) is 17.1 Å². The Bertz CT molecular complexity index is 1670. The molecule has 8 nitrogen and oxygen atoms in total. The topological polar surface area (TPSA) is 108 Å². The molecule has 212 valence electrons. The number of halogens is 1. The molecule has 5 rings (SSSR count). The number of urea groups is 1. The van der Waals surface area contributed by atoms with Crippen LogP contribution in [0.15, 0.2) is 104 Å². The Morgan fingerprint density at radius 2 is 1.62 bits per heavy atom. The molecule has 0 saturated heterocycles. The largest absolute Gasteiger partial charge is 0.383 e. The van der Waals surface area contributed by atoms with E-state index in [1.54, 1.807) is 12.1 Å². The van der Waals surface area contributed by atoms with Crippen molar-refractivity contribution in [2.75, 3.05) is 22.5 Å². The van der Waals surface area contributed by atoms with E-state index in [-0.39, 0.29) is 11.6 Å². The predicted molar refractivity (Wildman–Crippen MR) is 166 cm³/mol. The van der Waals surface area contributed by atoms with E-state index < -0.39 is 11.8 Å². The summed E-state index contributed by atoms with van der Waals surface area (Å²) < 4.78 is 14.4. The maximum atomic E-state index is 14.4. The number of H-pyrrole nitrogens is 1. The number of tetrazole rings is 1. The van der Waals surface area contributed by atoms with Crippen molar-refractivity contribution in [3.05, 3.63) is 121 Å².